The van der Waals surface area contributed by atoms with E-state index in [2.05, 4.69) is 0 Å². The van der Waals surface area contributed by atoms with E-state index >= 15 is 0 Å². The van der Waals surface area contributed by atoms with Gasteiger partial charge in [-0.15, -0.1) is 0 Å². The van der Waals surface area contributed by atoms with Gasteiger partial charge < -0.3 is 9.84 Å². The van der Waals surface area contributed by atoms with E-state index in [0.717, 1.165) is 29.0 Å². The van der Waals surface area contributed by atoms with E-state index < -0.39 is 0 Å². The van der Waals surface area contributed by atoms with Crippen molar-refractivity contribution in [2.75, 3.05) is 0 Å². The van der Waals surface area contributed by atoms with Crippen molar-refractivity contribution in [2.24, 2.45) is 0 Å². The summed E-state index contributed by atoms with van der Waals surface area (Å²) in [6.45, 7) is 3.90. The molecular weight excluding hydrogens is 212 g/mol. The van der Waals surface area contributed by atoms with Crippen molar-refractivity contribution in [1.29, 1.82) is 0 Å². The molecule has 88 valence electrons. The molecule has 0 aromatic heterocycles. The minimum Gasteiger partial charge on any atom is -0.507 e. The number of para-hydroxylation sites is 1. The molecule has 0 fully saturated rings. The molecule has 0 heterocycles. The molecule has 0 aliphatic rings. The summed E-state index contributed by atoms with van der Waals surface area (Å²) < 4.78 is 5.78. The number of hydrogen-bond donors (Lipinski definition) is 1. The summed E-state index contributed by atoms with van der Waals surface area (Å²) in [5.41, 5.74) is 1.73. The summed E-state index contributed by atoms with van der Waals surface area (Å²) in [4.78, 5) is 0. The Labute approximate surface area is 101 Å². The van der Waals surface area contributed by atoms with Gasteiger partial charge in [0.15, 0.2) is 0 Å². The van der Waals surface area contributed by atoms with Crippen LogP contribution in [0.4, 0.5) is 0 Å². The third-order valence-electron chi connectivity index (χ3n) is 2.77. The molecule has 0 saturated carbocycles. The Morgan fingerprint density at radius 3 is 2.41 bits per heavy atom. The monoisotopic (exact) mass is 228 g/mol. The van der Waals surface area contributed by atoms with Crippen LogP contribution < -0.4 is 4.74 Å². The minimum absolute atomic E-state index is 0.334. The average molecular weight is 228 g/mol. The molecule has 0 amide bonds. The number of aromatic hydroxyl groups is 1. The molecule has 0 spiro atoms. The third-order valence-corrected chi connectivity index (χ3v) is 2.77. The van der Waals surface area contributed by atoms with Gasteiger partial charge in [0.25, 0.3) is 0 Å². The lowest BCUT2D eigenvalue weighted by atomic mass is 10.1. The number of aryl methyl sites for hydroxylation is 1. The molecule has 0 aliphatic carbocycles. The number of hydrogen-bond acceptors (Lipinski definition) is 2. The minimum atomic E-state index is 0.334. The Kier molecular flexibility index (Phi) is 3.33. The topological polar surface area (TPSA) is 29.5 Å². The van der Waals surface area contributed by atoms with Crippen LogP contribution in [-0.4, -0.2) is 5.11 Å². The van der Waals surface area contributed by atoms with Gasteiger partial charge in [-0.1, -0.05) is 31.2 Å². The lowest BCUT2D eigenvalue weighted by molar-refractivity contribution is 0.441. The van der Waals surface area contributed by atoms with Gasteiger partial charge in [0.1, 0.15) is 17.2 Å². The number of phenolic OH excluding ortho intramolecular Hbond substituents is 1. The maximum Gasteiger partial charge on any atom is 0.134 e. The lowest BCUT2D eigenvalue weighted by Crippen LogP contribution is -1.92. The smallest absolute Gasteiger partial charge is 0.134 e. The second-order valence-corrected chi connectivity index (χ2v) is 3.98. The van der Waals surface area contributed by atoms with Gasteiger partial charge in [-0.25, -0.2) is 0 Å². The third kappa shape index (κ3) is 2.41. The largest absolute Gasteiger partial charge is 0.507 e. The molecule has 0 atom stereocenters. The Balaban J connectivity index is 2.37. The molecule has 0 bridgehead atoms. The van der Waals surface area contributed by atoms with Crippen molar-refractivity contribution in [3.8, 4) is 17.2 Å². The molecule has 2 aromatic rings. The summed E-state index contributed by atoms with van der Waals surface area (Å²) in [7, 11) is 0. The number of rotatable bonds is 3. The van der Waals surface area contributed by atoms with Gasteiger partial charge >= 0.3 is 0 Å². The highest BCUT2D eigenvalue weighted by Gasteiger charge is 2.10. The van der Waals surface area contributed by atoms with E-state index in [-0.39, 0.29) is 0 Å². The highest BCUT2D eigenvalue weighted by atomic mass is 16.5. The molecule has 2 rings (SSSR count). The normalized spacial score (nSPS) is 10.2. The molecular formula is C15H16O2. The quantitative estimate of drug-likeness (QED) is 0.858. The van der Waals surface area contributed by atoms with Gasteiger partial charge in [-0.3, -0.25) is 0 Å². The van der Waals surface area contributed by atoms with Crippen LogP contribution in [0.1, 0.15) is 18.1 Å². The number of benzene rings is 2. The Bertz CT molecular complexity index is 504. The molecule has 2 nitrogen and oxygen atoms in total. The van der Waals surface area contributed by atoms with Crippen molar-refractivity contribution in [2.45, 2.75) is 20.3 Å². The van der Waals surface area contributed by atoms with Crippen molar-refractivity contribution < 1.29 is 9.84 Å². The molecule has 0 unspecified atom stereocenters. The van der Waals surface area contributed by atoms with Gasteiger partial charge in [-0.05, 0) is 37.1 Å². The van der Waals surface area contributed by atoms with E-state index in [4.69, 9.17) is 4.74 Å². The maximum absolute atomic E-state index is 9.98. The van der Waals surface area contributed by atoms with Crippen molar-refractivity contribution >= 4 is 0 Å². The first-order valence-electron chi connectivity index (χ1n) is 5.76. The number of phenols is 1. The molecule has 0 saturated heterocycles. The predicted molar refractivity (Wildman–Crippen MR) is 68.7 cm³/mol. The van der Waals surface area contributed by atoms with Crippen molar-refractivity contribution in [3.63, 3.8) is 0 Å². The van der Waals surface area contributed by atoms with Crippen LogP contribution in [0.25, 0.3) is 0 Å². The first-order valence-corrected chi connectivity index (χ1v) is 5.76. The zero-order valence-corrected chi connectivity index (χ0v) is 10.1. The van der Waals surface area contributed by atoms with Crippen molar-refractivity contribution in [3.05, 3.63) is 53.6 Å². The summed E-state index contributed by atoms with van der Waals surface area (Å²) in [5.74, 6) is 1.84. The molecule has 2 heteroatoms. The first-order chi connectivity index (χ1) is 8.22. The fourth-order valence-electron chi connectivity index (χ4n) is 1.79. The van der Waals surface area contributed by atoms with E-state index in [1.807, 2.05) is 56.3 Å². The maximum atomic E-state index is 9.98. The summed E-state index contributed by atoms with van der Waals surface area (Å²) >= 11 is 0. The highest BCUT2D eigenvalue weighted by molar-refractivity contribution is 5.50. The fourth-order valence-corrected chi connectivity index (χ4v) is 1.79. The fraction of sp³-hybridized carbons (Fsp3) is 0.200. The average Bonchev–Trinajstić information content (AvgIpc) is 2.36. The summed E-state index contributed by atoms with van der Waals surface area (Å²) in [6.07, 6.45) is 0.746. The molecule has 0 radical (unpaired) electrons. The summed E-state index contributed by atoms with van der Waals surface area (Å²) in [6, 6.07) is 13.4. The van der Waals surface area contributed by atoms with Crippen LogP contribution in [0.2, 0.25) is 0 Å². The van der Waals surface area contributed by atoms with E-state index in [1.165, 1.54) is 0 Å². The second kappa shape index (κ2) is 4.91. The number of ether oxygens (including phenoxy) is 1. The van der Waals surface area contributed by atoms with Gasteiger partial charge in [0.05, 0.1) is 0 Å². The lowest BCUT2D eigenvalue weighted by Gasteiger charge is -2.12. The molecule has 1 N–H and O–H groups in total. The van der Waals surface area contributed by atoms with Crippen LogP contribution in [0.3, 0.4) is 0 Å². The molecule has 2 aromatic carbocycles. The Hall–Kier alpha value is -1.96. The van der Waals surface area contributed by atoms with E-state index in [9.17, 15) is 5.11 Å². The van der Waals surface area contributed by atoms with Crippen molar-refractivity contribution in [1.82, 2.24) is 0 Å². The predicted octanol–water partition coefficient (Wildman–Crippen LogP) is 4.06. The van der Waals surface area contributed by atoms with Crippen LogP contribution in [0, 0.1) is 6.92 Å². The Morgan fingerprint density at radius 2 is 1.76 bits per heavy atom. The zero-order chi connectivity index (χ0) is 12.3. The van der Waals surface area contributed by atoms with E-state index in [0.29, 0.717) is 5.75 Å². The van der Waals surface area contributed by atoms with Crippen LogP contribution >= 0.6 is 0 Å². The van der Waals surface area contributed by atoms with E-state index in [1.54, 1.807) is 0 Å². The van der Waals surface area contributed by atoms with Gasteiger partial charge in [-0.2, -0.15) is 0 Å². The molecule has 0 aliphatic heterocycles. The Morgan fingerprint density at radius 1 is 1.06 bits per heavy atom. The van der Waals surface area contributed by atoms with Crippen LogP contribution in [0.5, 0.6) is 17.2 Å². The van der Waals surface area contributed by atoms with Crippen LogP contribution in [-0.2, 0) is 6.42 Å². The highest BCUT2D eigenvalue weighted by Crippen LogP contribution is 2.33. The zero-order valence-electron chi connectivity index (χ0n) is 10.1. The SMILES string of the molecule is CCc1c(Oc2ccccc2)ccc(C)c1O. The summed E-state index contributed by atoms with van der Waals surface area (Å²) in [5, 5.41) is 9.98. The van der Waals surface area contributed by atoms with Crippen LogP contribution in [0.15, 0.2) is 42.5 Å². The first kappa shape index (κ1) is 11.5. The van der Waals surface area contributed by atoms with Gasteiger partial charge in [0, 0.05) is 5.56 Å². The van der Waals surface area contributed by atoms with Gasteiger partial charge in [0.2, 0.25) is 0 Å². The standard InChI is InChI=1S/C15H16O2/c1-3-13-14(10-9-11(2)15(13)16)17-12-7-5-4-6-8-12/h4-10,16H,3H2,1-2H3. The second-order valence-electron chi connectivity index (χ2n) is 3.98. The molecule has 17 heavy (non-hydrogen) atoms.